The number of fused-ring (bicyclic) bond motifs is 1. The number of nitrogens with zero attached hydrogens (tertiary/aromatic N) is 1. The zero-order valence-corrected chi connectivity index (χ0v) is 9.92. The molecule has 0 aliphatic heterocycles. The number of ether oxygens (including phenoxy) is 2. The van der Waals surface area contributed by atoms with Crippen LogP contribution in [-0.4, -0.2) is 36.4 Å². The van der Waals surface area contributed by atoms with Crippen LogP contribution in [0.25, 0.3) is 10.8 Å². The molecule has 2 rings (SSSR count). The second-order valence-electron chi connectivity index (χ2n) is 3.68. The first-order valence-electron chi connectivity index (χ1n) is 5.47. The van der Waals surface area contributed by atoms with Crippen molar-refractivity contribution in [3.8, 4) is 5.88 Å². The van der Waals surface area contributed by atoms with Gasteiger partial charge in [0.15, 0.2) is 5.69 Å². The lowest BCUT2D eigenvalue weighted by Gasteiger charge is -2.09. The smallest absolute Gasteiger partial charge is 0.354 e. The van der Waals surface area contributed by atoms with Gasteiger partial charge in [0.25, 0.3) is 0 Å². The van der Waals surface area contributed by atoms with Crippen LogP contribution in [0.2, 0.25) is 0 Å². The van der Waals surface area contributed by atoms with Crippen LogP contribution < -0.4 is 4.74 Å². The summed E-state index contributed by atoms with van der Waals surface area (Å²) in [6, 6.07) is 8.89. The van der Waals surface area contributed by atoms with Gasteiger partial charge in [-0.2, -0.15) is 0 Å². The van der Waals surface area contributed by atoms with Crippen molar-refractivity contribution >= 4 is 16.7 Å². The Labute approximate surface area is 104 Å². The molecule has 0 bridgehead atoms. The molecule has 0 radical (unpaired) electrons. The summed E-state index contributed by atoms with van der Waals surface area (Å²) in [5.41, 5.74) is -0.0267. The molecule has 0 spiro atoms. The Kier molecular flexibility index (Phi) is 3.74. The van der Waals surface area contributed by atoms with Crippen LogP contribution in [0.4, 0.5) is 0 Å². The van der Waals surface area contributed by atoms with Crippen molar-refractivity contribution in [2.45, 2.75) is 0 Å². The van der Waals surface area contributed by atoms with Crippen LogP contribution in [0.1, 0.15) is 10.5 Å². The monoisotopic (exact) mass is 247 g/mol. The molecule has 94 valence electrons. The highest BCUT2D eigenvalue weighted by Crippen LogP contribution is 2.24. The lowest BCUT2D eigenvalue weighted by molar-refractivity contribution is 0.0689. The van der Waals surface area contributed by atoms with Gasteiger partial charge in [0, 0.05) is 12.5 Å². The molecule has 5 nitrogen and oxygen atoms in total. The third-order valence-corrected chi connectivity index (χ3v) is 2.45. The molecule has 5 heteroatoms. The van der Waals surface area contributed by atoms with Crippen molar-refractivity contribution in [1.29, 1.82) is 0 Å². The normalized spacial score (nSPS) is 10.5. The van der Waals surface area contributed by atoms with Crippen LogP contribution in [0.5, 0.6) is 5.88 Å². The summed E-state index contributed by atoms with van der Waals surface area (Å²) in [7, 11) is 1.57. The number of carbonyl (C=O) groups is 1. The van der Waals surface area contributed by atoms with E-state index in [2.05, 4.69) is 4.98 Å². The molecule has 1 aromatic heterocycles. The van der Waals surface area contributed by atoms with Crippen LogP contribution >= 0.6 is 0 Å². The Balaban J connectivity index is 2.43. The maximum atomic E-state index is 11.0. The second-order valence-corrected chi connectivity index (χ2v) is 3.68. The van der Waals surface area contributed by atoms with Crippen molar-refractivity contribution in [2.75, 3.05) is 20.3 Å². The summed E-state index contributed by atoms with van der Waals surface area (Å²) in [5.74, 6) is -0.750. The van der Waals surface area contributed by atoms with Gasteiger partial charge in [-0.1, -0.05) is 18.2 Å². The molecule has 18 heavy (non-hydrogen) atoms. The summed E-state index contributed by atoms with van der Waals surface area (Å²) in [5, 5.41) is 10.6. The summed E-state index contributed by atoms with van der Waals surface area (Å²) in [6.45, 7) is 0.754. The molecule has 1 aromatic carbocycles. The first-order valence-corrected chi connectivity index (χ1v) is 5.47. The van der Waals surface area contributed by atoms with Gasteiger partial charge in [-0.3, -0.25) is 0 Å². The third kappa shape index (κ3) is 2.57. The number of rotatable bonds is 5. The highest BCUT2D eigenvalue weighted by molar-refractivity contribution is 5.94. The third-order valence-electron chi connectivity index (χ3n) is 2.45. The van der Waals surface area contributed by atoms with Crippen LogP contribution in [0, 0.1) is 0 Å². The van der Waals surface area contributed by atoms with Crippen molar-refractivity contribution in [1.82, 2.24) is 4.98 Å². The lowest BCUT2D eigenvalue weighted by Crippen LogP contribution is -2.08. The maximum absolute atomic E-state index is 11.0. The van der Waals surface area contributed by atoms with E-state index in [-0.39, 0.29) is 5.69 Å². The molecule has 0 amide bonds. The fourth-order valence-corrected chi connectivity index (χ4v) is 1.61. The minimum Gasteiger partial charge on any atom is -0.477 e. The standard InChI is InChI=1S/C13H13NO4/c1-17-6-7-18-12-10-5-3-2-4-9(10)8-11(14-12)13(15)16/h2-5,8H,6-7H2,1H3,(H,15,16). The van der Waals surface area contributed by atoms with Gasteiger partial charge >= 0.3 is 5.97 Å². The van der Waals surface area contributed by atoms with Gasteiger partial charge in [-0.15, -0.1) is 0 Å². The molecule has 2 aromatic rings. The number of methoxy groups -OCH3 is 1. The van der Waals surface area contributed by atoms with Crippen molar-refractivity contribution in [3.05, 3.63) is 36.0 Å². The molecule has 0 fully saturated rings. The second kappa shape index (κ2) is 5.46. The van der Waals surface area contributed by atoms with E-state index in [1.165, 1.54) is 6.07 Å². The predicted molar refractivity (Wildman–Crippen MR) is 66.1 cm³/mol. The number of hydrogen-bond donors (Lipinski definition) is 1. The number of benzene rings is 1. The summed E-state index contributed by atoms with van der Waals surface area (Å²) < 4.78 is 10.3. The molecule has 1 N–H and O–H groups in total. The Morgan fingerprint density at radius 3 is 2.83 bits per heavy atom. The number of carboxylic acids is 1. The van der Waals surface area contributed by atoms with E-state index in [9.17, 15) is 4.79 Å². The van der Waals surface area contributed by atoms with Crippen molar-refractivity contribution in [2.24, 2.45) is 0 Å². The first kappa shape index (κ1) is 12.3. The minimum atomic E-state index is -1.07. The maximum Gasteiger partial charge on any atom is 0.354 e. The Morgan fingerprint density at radius 2 is 2.11 bits per heavy atom. The summed E-state index contributed by atoms with van der Waals surface area (Å²) in [6.07, 6.45) is 0. The molecular weight excluding hydrogens is 234 g/mol. The largest absolute Gasteiger partial charge is 0.477 e. The zero-order chi connectivity index (χ0) is 13.0. The molecule has 0 atom stereocenters. The van der Waals surface area contributed by atoms with Crippen molar-refractivity contribution in [3.63, 3.8) is 0 Å². The molecule has 0 aliphatic carbocycles. The number of carboxylic acid groups (broad SMARTS) is 1. The zero-order valence-electron chi connectivity index (χ0n) is 9.92. The van der Waals surface area contributed by atoms with Gasteiger partial charge in [0.2, 0.25) is 5.88 Å². The predicted octanol–water partition coefficient (Wildman–Crippen LogP) is 1.96. The fourth-order valence-electron chi connectivity index (χ4n) is 1.61. The summed E-state index contributed by atoms with van der Waals surface area (Å²) >= 11 is 0. The average molecular weight is 247 g/mol. The number of aromatic nitrogens is 1. The Hall–Kier alpha value is -2.14. The fraction of sp³-hybridized carbons (Fsp3) is 0.231. The van der Waals surface area contributed by atoms with E-state index < -0.39 is 5.97 Å². The van der Waals surface area contributed by atoms with Crippen LogP contribution in [0.15, 0.2) is 30.3 Å². The molecule has 0 saturated carbocycles. The Morgan fingerprint density at radius 1 is 1.33 bits per heavy atom. The van der Waals surface area contributed by atoms with E-state index in [0.717, 1.165) is 10.8 Å². The number of aromatic carboxylic acids is 1. The van der Waals surface area contributed by atoms with E-state index >= 15 is 0 Å². The van der Waals surface area contributed by atoms with Crippen LogP contribution in [-0.2, 0) is 4.74 Å². The quantitative estimate of drug-likeness (QED) is 0.818. The van der Waals surface area contributed by atoms with E-state index in [1.54, 1.807) is 7.11 Å². The lowest BCUT2D eigenvalue weighted by atomic mass is 10.1. The average Bonchev–Trinajstić information content (AvgIpc) is 2.38. The van der Waals surface area contributed by atoms with Gasteiger partial charge in [0.05, 0.1) is 6.61 Å². The Bertz CT molecular complexity index is 568. The van der Waals surface area contributed by atoms with Crippen LogP contribution in [0.3, 0.4) is 0 Å². The molecule has 1 heterocycles. The highest BCUT2D eigenvalue weighted by Gasteiger charge is 2.11. The summed E-state index contributed by atoms with van der Waals surface area (Å²) in [4.78, 5) is 15.0. The molecule has 0 saturated heterocycles. The van der Waals surface area contributed by atoms with Crippen molar-refractivity contribution < 1.29 is 19.4 Å². The number of pyridine rings is 1. The van der Waals surface area contributed by atoms with Gasteiger partial charge < -0.3 is 14.6 Å². The topological polar surface area (TPSA) is 68.7 Å². The highest BCUT2D eigenvalue weighted by atomic mass is 16.5. The van der Waals surface area contributed by atoms with E-state index in [1.807, 2.05) is 24.3 Å². The molecular formula is C13H13NO4. The van der Waals surface area contributed by atoms with Gasteiger partial charge in [0.1, 0.15) is 6.61 Å². The minimum absolute atomic E-state index is 0.0267. The molecule has 0 unspecified atom stereocenters. The van der Waals surface area contributed by atoms with E-state index in [0.29, 0.717) is 19.1 Å². The molecule has 0 aliphatic rings. The van der Waals surface area contributed by atoms with Gasteiger partial charge in [-0.25, -0.2) is 9.78 Å². The van der Waals surface area contributed by atoms with E-state index in [4.69, 9.17) is 14.6 Å². The van der Waals surface area contributed by atoms with Gasteiger partial charge in [-0.05, 0) is 17.5 Å². The number of hydrogen-bond acceptors (Lipinski definition) is 4. The SMILES string of the molecule is COCCOc1nc(C(=O)O)cc2ccccc12. The first-order chi connectivity index (χ1) is 8.72.